The van der Waals surface area contributed by atoms with Gasteiger partial charge in [0.2, 0.25) is 0 Å². The molecule has 1 spiro atoms. The van der Waals surface area contributed by atoms with Crippen LogP contribution in [0.3, 0.4) is 0 Å². The summed E-state index contributed by atoms with van der Waals surface area (Å²) >= 11 is 0. The number of amides is 1. The average Bonchev–Trinajstić information content (AvgIpc) is 3.16. The zero-order chi connectivity index (χ0) is 24.3. The number of ether oxygens (including phenoxy) is 2. The molecule has 1 amide bonds. The number of aliphatic hydroxyl groups excluding tert-OH is 1. The number of nitrogens with zero attached hydrogens (tertiary/aromatic N) is 3. The van der Waals surface area contributed by atoms with Crippen LogP contribution in [0, 0.1) is 5.41 Å². The molecule has 186 valence electrons. The topological polar surface area (TPSA) is 94.6 Å². The molecule has 2 N–H and O–H groups in total. The Bertz CT molecular complexity index is 945. The number of benzene rings is 1. The van der Waals surface area contributed by atoms with Gasteiger partial charge in [-0.05, 0) is 63.4 Å². The maximum atomic E-state index is 12.8. The minimum atomic E-state index is -0.567. The lowest BCUT2D eigenvalue weighted by Crippen LogP contribution is -2.46. The van der Waals surface area contributed by atoms with E-state index < -0.39 is 5.97 Å². The Morgan fingerprint density at radius 1 is 1.12 bits per heavy atom. The molecule has 0 aliphatic carbocycles. The van der Waals surface area contributed by atoms with E-state index in [9.17, 15) is 14.7 Å². The summed E-state index contributed by atoms with van der Waals surface area (Å²) in [6, 6.07) is 5.90. The van der Waals surface area contributed by atoms with Crippen LogP contribution >= 0.6 is 0 Å². The van der Waals surface area contributed by atoms with Gasteiger partial charge in [-0.3, -0.25) is 4.79 Å². The van der Waals surface area contributed by atoms with E-state index in [2.05, 4.69) is 22.2 Å². The molecule has 4 rings (SSSR count). The summed E-state index contributed by atoms with van der Waals surface area (Å²) in [5, 5.41) is 12.4. The lowest BCUT2D eigenvalue weighted by Gasteiger charge is -2.47. The first-order chi connectivity index (χ1) is 16.4. The summed E-state index contributed by atoms with van der Waals surface area (Å²) in [6.07, 6.45) is 4.96. The number of hydrogen-bond donors (Lipinski definition) is 2. The van der Waals surface area contributed by atoms with Crippen LogP contribution in [0.25, 0.3) is 0 Å². The maximum Gasteiger partial charge on any atom is 0.337 e. The fraction of sp³-hybridized carbons (Fsp3) is 0.600. The fourth-order valence-electron chi connectivity index (χ4n) is 5.30. The molecule has 2 saturated heterocycles. The molecule has 3 aliphatic rings. The molecule has 0 atom stereocenters. The number of rotatable bonds is 7. The van der Waals surface area contributed by atoms with Crippen LogP contribution in [0.2, 0.25) is 0 Å². The number of esters is 1. The monoisotopic (exact) mass is 472 g/mol. The highest BCUT2D eigenvalue weighted by Crippen LogP contribution is 2.42. The quantitative estimate of drug-likeness (QED) is 0.579. The molecule has 0 unspecified atom stereocenters. The minimum Gasteiger partial charge on any atom is -0.494 e. The Morgan fingerprint density at radius 3 is 2.41 bits per heavy atom. The third-order valence-corrected chi connectivity index (χ3v) is 7.64. The molecule has 0 aromatic heterocycles. The van der Waals surface area contributed by atoms with Crippen molar-refractivity contribution in [1.29, 1.82) is 0 Å². The summed E-state index contributed by atoms with van der Waals surface area (Å²) in [7, 11) is 5.09. The van der Waals surface area contributed by atoms with Crippen molar-refractivity contribution < 1.29 is 24.2 Å². The van der Waals surface area contributed by atoms with E-state index in [4.69, 9.17) is 9.47 Å². The third kappa shape index (κ3) is 4.86. The van der Waals surface area contributed by atoms with E-state index >= 15 is 0 Å². The number of carbonyl (C=O) groups is 2. The Balaban J connectivity index is 1.49. The lowest BCUT2D eigenvalue weighted by molar-refractivity contribution is -0.136. The summed E-state index contributed by atoms with van der Waals surface area (Å²) < 4.78 is 10.5. The summed E-state index contributed by atoms with van der Waals surface area (Å²) in [5.41, 5.74) is 2.58. The highest BCUT2D eigenvalue weighted by Gasteiger charge is 2.37. The molecular formula is C25H36N4O5. The number of anilines is 2. The maximum absolute atomic E-state index is 12.8. The molecule has 3 heterocycles. The number of aliphatic hydroxyl groups is 1. The molecule has 2 fully saturated rings. The molecule has 0 radical (unpaired) electrons. The number of hydrogen-bond acceptors (Lipinski definition) is 8. The fourth-order valence-corrected chi connectivity index (χ4v) is 5.30. The Hall–Kier alpha value is -2.78. The van der Waals surface area contributed by atoms with E-state index in [1.54, 1.807) is 7.11 Å². The van der Waals surface area contributed by atoms with Gasteiger partial charge >= 0.3 is 5.97 Å². The van der Waals surface area contributed by atoms with Crippen molar-refractivity contribution >= 4 is 23.3 Å². The first kappa shape index (κ1) is 24.3. The van der Waals surface area contributed by atoms with E-state index in [1.807, 2.05) is 18.2 Å². The second kappa shape index (κ2) is 10.2. The highest BCUT2D eigenvalue weighted by molar-refractivity contribution is 6.08. The molecule has 0 bridgehead atoms. The number of β-amino-alcohol motifs (C(OH)–C–C–N with tert-alkyl or cyclic N) is 1. The Kier molecular flexibility index (Phi) is 7.33. The first-order valence-electron chi connectivity index (χ1n) is 12.0. The van der Waals surface area contributed by atoms with E-state index in [0.717, 1.165) is 18.8 Å². The molecule has 3 aliphatic heterocycles. The van der Waals surface area contributed by atoms with Crippen LogP contribution in [-0.2, 0) is 14.3 Å². The van der Waals surface area contributed by atoms with Crippen LogP contribution in [-0.4, -0.2) is 93.9 Å². The van der Waals surface area contributed by atoms with Crippen LogP contribution in [0.4, 0.5) is 11.4 Å². The molecule has 1 aromatic carbocycles. The standard InChI is InChI=1S/C25H36N4O5/c1-27-10-6-25(7-11-27)8-12-28(13-9-25)18-4-5-20(21(16-18)33-2)26-22-19(24(32)34-3)17-29(14-15-30)23(22)31/h4-5,16,26,30H,6-15,17H2,1-3H3. The second-order valence-electron chi connectivity index (χ2n) is 9.60. The molecule has 1 aromatic rings. The number of likely N-dealkylation sites (tertiary alicyclic amines) is 1. The molecule has 34 heavy (non-hydrogen) atoms. The molecule has 0 saturated carbocycles. The van der Waals surface area contributed by atoms with Crippen LogP contribution in [0.1, 0.15) is 25.7 Å². The highest BCUT2D eigenvalue weighted by atomic mass is 16.5. The van der Waals surface area contributed by atoms with E-state index in [1.165, 1.54) is 50.8 Å². The smallest absolute Gasteiger partial charge is 0.337 e. The number of methoxy groups -OCH3 is 2. The van der Waals surface area contributed by atoms with Gasteiger partial charge in [0.05, 0.1) is 38.6 Å². The van der Waals surface area contributed by atoms with Crippen molar-refractivity contribution in [2.75, 3.05) is 77.4 Å². The van der Waals surface area contributed by atoms with Gasteiger partial charge in [0, 0.05) is 31.4 Å². The zero-order valence-corrected chi connectivity index (χ0v) is 20.4. The van der Waals surface area contributed by atoms with Gasteiger partial charge in [0.1, 0.15) is 11.4 Å². The van der Waals surface area contributed by atoms with Crippen molar-refractivity contribution in [3.8, 4) is 5.75 Å². The Morgan fingerprint density at radius 2 is 1.79 bits per heavy atom. The van der Waals surface area contributed by atoms with Gasteiger partial charge in [0.15, 0.2) is 0 Å². The number of carbonyl (C=O) groups excluding carboxylic acids is 2. The third-order valence-electron chi connectivity index (χ3n) is 7.64. The summed E-state index contributed by atoms with van der Waals surface area (Å²) in [6.45, 7) is 4.47. The first-order valence-corrected chi connectivity index (χ1v) is 12.0. The van der Waals surface area contributed by atoms with Gasteiger partial charge in [-0.1, -0.05) is 0 Å². The largest absolute Gasteiger partial charge is 0.494 e. The van der Waals surface area contributed by atoms with Crippen molar-refractivity contribution in [3.05, 3.63) is 29.5 Å². The SMILES string of the molecule is COC(=O)C1=C(Nc2ccc(N3CCC4(CCN(C)CC4)CC3)cc2OC)C(=O)N(CCO)C1. The van der Waals surface area contributed by atoms with Crippen molar-refractivity contribution in [2.24, 2.45) is 5.41 Å². The molecule has 9 nitrogen and oxygen atoms in total. The average molecular weight is 473 g/mol. The van der Waals surface area contributed by atoms with E-state index in [0.29, 0.717) is 16.9 Å². The van der Waals surface area contributed by atoms with Gasteiger partial charge < -0.3 is 34.6 Å². The number of nitrogens with one attached hydrogen (secondary N) is 1. The summed E-state index contributed by atoms with van der Waals surface area (Å²) in [4.78, 5) is 31.4. The minimum absolute atomic E-state index is 0.0973. The zero-order valence-electron chi connectivity index (χ0n) is 20.4. The van der Waals surface area contributed by atoms with Crippen LogP contribution in [0.5, 0.6) is 5.75 Å². The molecular weight excluding hydrogens is 436 g/mol. The van der Waals surface area contributed by atoms with Crippen molar-refractivity contribution in [3.63, 3.8) is 0 Å². The van der Waals surface area contributed by atoms with Gasteiger partial charge in [-0.2, -0.15) is 0 Å². The van der Waals surface area contributed by atoms with Gasteiger partial charge in [-0.25, -0.2) is 4.79 Å². The lowest BCUT2D eigenvalue weighted by atomic mass is 9.71. The van der Waals surface area contributed by atoms with Crippen LogP contribution in [0.15, 0.2) is 29.5 Å². The van der Waals surface area contributed by atoms with Crippen molar-refractivity contribution in [1.82, 2.24) is 9.80 Å². The number of piperidine rings is 2. The van der Waals surface area contributed by atoms with Crippen molar-refractivity contribution in [2.45, 2.75) is 25.7 Å². The van der Waals surface area contributed by atoms with Gasteiger partial charge in [-0.15, -0.1) is 0 Å². The summed E-state index contributed by atoms with van der Waals surface area (Å²) in [5.74, 6) is -0.315. The predicted octanol–water partition coefficient (Wildman–Crippen LogP) is 1.68. The van der Waals surface area contributed by atoms with Crippen LogP contribution < -0.4 is 15.0 Å². The Labute approximate surface area is 201 Å². The van der Waals surface area contributed by atoms with E-state index in [-0.39, 0.29) is 36.9 Å². The normalized spacial score (nSPS) is 20.8. The molecule has 9 heteroatoms. The predicted molar refractivity (Wildman–Crippen MR) is 130 cm³/mol. The van der Waals surface area contributed by atoms with Gasteiger partial charge in [0.25, 0.3) is 5.91 Å². The second-order valence-corrected chi connectivity index (χ2v) is 9.60.